The second-order valence-electron chi connectivity index (χ2n) is 4.66. The van der Waals surface area contributed by atoms with Crippen molar-refractivity contribution in [2.45, 2.75) is 19.7 Å². The highest BCUT2D eigenvalue weighted by molar-refractivity contribution is 5.72. The molecule has 0 saturated carbocycles. The summed E-state index contributed by atoms with van der Waals surface area (Å²) in [6.45, 7) is 5.00. The van der Waals surface area contributed by atoms with E-state index in [0.717, 1.165) is 18.6 Å². The van der Waals surface area contributed by atoms with Crippen molar-refractivity contribution >= 4 is 11.1 Å². The number of hydrogen-bond donors (Lipinski definition) is 0. The first-order valence-electron chi connectivity index (χ1n) is 6.16. The van der Waals surface area contributed by atoms with E-state index >= 15 is 0 Å². The maximum absolute atomic E-state index is 11.8. The van der Waals surface area contributed by atoms with Gasteiger partial charge in [0.15, 0.2) is 5.58 Å². The maximum atomic E-state index is 11.8. The van der Waals surface area contributed by atoms with Gasteiger partial charge < -0.3 is 9.15 Å². The van der Waals surface area contributed by atoms with E-state index in [-0.39, 0.29) is 11.9 Å². The molecule has 3 rings (SSSR count). The number of aromatic nitrogens is 1. The number of rotatable bonds is 2. The van der Waals surface area contributed by atoms with Gasteiger partial charge in [-0.15, -0.1) is 0 Å². The lowest BCUT2D eigenvalue weighted by atomic mass is 10.3. The third kappa shape index (κ3) is 2.07. The standard InChI is InChI=1S/C13H16N2O3/c1-10-8-14(6-7-17-10)9-15-11-4-2-3-5-12(11)18-13(15)16/h2-5,10H,6-9H2,1H3. The molecule has 1 fully saturated rings. The van der Waals surface area contributed by atoms with Gasteiger partial charge in [-0.2, -0.15) is 0 Å². The van der Waals surface area contributed by atoms with Crippen molar-refractivity contribution in [2.75, 3.05) is 19.7 Å². The third-order valence-electron chi connectivity index (χ3n) is 3.24. The molecule has 2 aromatic rings. The highest BCUT2D eigenvalue weighted by atomic mass is 16.5. The Morgan fingerprint density at radius 1 is 1.39 bits per heavy atom. The highest BCUT2D eigenvalue weighted by Gasteiger charge is 2.18. The SMILES string of the molecule is CC1CN(Cn2c(=O)oc3ccccc32)CCO1. The number of para-hydroxylation sites is 2. The number of nitrogens with zero attached hydrogens (tertiary/aromatic N) is 2. The number of oxazole rings is 1. The van der Waals surface area contributed by atoms with E-state index in [1.165, 1.54) is 0 Å². The van der Waals surface area contributed by atoms with Gasteiger partial charge in [0.1, 0.15) is 0 Å². The van der Waals surface area contributed by atoms with Crippen molar-refractivity contribution in [1.29, 1.82) is 0 Å². The van der Waals surface area contributed by atoms with Crippen molar-refractivity contribution < 1.29 is 9.15 Å². The molecule has 5 heteroatoms. The molecule has 0 N–H and O–H groups in total. The number of morpholine rings is 1. The van der Waals surface area contributed by atoms with Crippen LogP contribution in [0.4, 0.5) is 0 Å². The van der Waals surface area contributed by atoms with E-state index in [1.807, 2.05) is 31.2 Å². The molecule has 0 radical (unpaired) electrons. The molecule has 1 aromatic heterocycles. The minimum Gasteiger partial charge on any atom is -0.408 e. The third-order valence-corrected chi connectivity index (χ3v) is 3.24. The van der Waals surface area contributed by atoms with Crippen LogP contribution in [-0.2, 0) is 11.4 Å². The highest BCUT2D eigenvalue weighted by Crippen LogP contribution is 2.13. The lowest BCUT2D eigenvalue weighted by Gasteiger charge is -2.30. The van der Waals surface area contributed by atoms with Crippen LogP contribution in [0, 0.1) is 0 Å². The van der Waals surface area contributed by atoms with E-state index in [2.05, 4.69) is 4.90 Å². The second-order valence-corrected chi connectivity index (χ2v) is 4.66. The zero-order valence-corrected chi connectivity index (χ0v) is 10.3. The average Bonchev–Trinajstić information content (AvgIpc) is 2.66. The Morgan fingerprint density at radius 3 is 3.06 bits per heavy atom. The zero-order valence-electron chi connectivity index (χ0n) is 10.3. The van der Waals surface area contributed by atoms with Crippen LogP contribution in [0.2, 0.25) is 0 Å². The van der Waals surface area contributed by atoms with Crippen LogP contribution in [-0.4, -0.2) is 35.3 Å². The monoisotopic (exact) mass is 248 g/mol. The second kappa shape index (κ2) is 4.59. The molecular weight excluding hydrogens is 232 g/mol. The molecule has 2 heterocycles. The van der Waals surface area contributed by atoms with Crippen LogP contribution in [0.15, 0.2) is 33.5 Å². The summed E-state index contributed by atoms with van der Waals surface area (Å²) < 4.78 is 12.4. The molecule has 1 atom stereocenters. The summed E-state index contributed by atoms with van der Waals surface area (Å²) in [5.41, 5.74) is 1.49. The topological polar surface area (TPSA) is 47.6 Å². The Kier molecular flexibility index (Phi) is 2.93. The first-order chi connectivity index (χ1) is 8.74. The predicted molar refractivity (Wildman–Crippen MR) is 67.5 cm³/mol. The molecule has 96 valence electrons. The van der Waals surface area contributed by atoms with Gasteiger partial charge in [-0.3, -0.25) is 9.47 Å². The first kappa shape index (κ1) is 11.5. The molecule has 18 heavy (non-hydrogen) atoms. The summed E-state index contributed by atoms with van der Waals surface area (Å²) in [6, 6.07) is 7.50. The van der Waals surface area contributed by atoms with Gasteiger partial charge in [0.2, 0.25) is 0 Å². The smallest absolute Gasteiger partial charge is 0.408 e. The fourth-order valence-corrected chi connectivity index (χ4v) is 2.37. The normalized spacial score (nSPS) is 21.5. The van der Waals surface area contributed by atoms with Crippen molar-refractivity contribution in [3.05, 3.63) is 34.8 Å². The van der Waals surface area contributed by atoms with Crippen molar-refractivity contribution in [3.8, 4) is 0 Å². The fourth-order valence-electron chi connectivity index (χ4n) is 2.37. The van der Waals surface area contributed by atoms with E-state index in [4.69, 9.17) is 9.15 Å². The summed E-state index contributed by atoms with van der Waals surface area (Å²) in [5, 5.41) is 0. The number of hydrogen-bond acceptors (Lipinski definition) is 4. The van der Waals surface area contributed by atoms with Gasteiger partial charge in [0.05, 0.1) is 24.9 Å². The van der Waals surface area contributed by atoms with Crippen molar-refractivity contribution in [3.63, 3.8) is 0 Å². The van der Waals surface area contributed by atoms with Gasteiger partial charge in [0.25, 0.3) is 0 Å². The predicted octanol–water partition coefficient (Wildman–Crippen LogP) is 1.27. The molecule has 5 nitrogen and oxygen atoms in total. The Bertz CT molecular complexity index is 602. The number of benzene rings is 1. The molecular formula is C13H16N2O3. The fraction of sp³-hybridized carbons (Fsp3) is 0.462. The Hall–Kier alpha value is -1.59. The van der Waals surface area contributed by atoms with Crippen LogP contribution >= 0.6 is 0 Å². The van der Waals surface area contributed by atoms with Crippen LogP contribution < -0.4 is 5.76 Å². The molecule has 1 aliphatic heterocycles. The minimum absolute atomic E-state index is 0.215. The molecule has 0 aliphatic carbocycles. The van der Waals surface area contributed by atoms with Crippen LogP contribution in [0.25, 0.3) is 11.1 Å². The Labute approximate surface area is 105 Å². The summed E-state index contributed by atoms with van der Waals surface area (Å²) in [6.07, 6.45) is 0.215. The largest absolute Gasteiger partial charge is 0.421 e. The summed E-state index contributed by atoms with van der Waals surface area (Å²) in [4.78, 5) is 14.0. The van der Waals surface area contributed by atoms with Gasteiger partial charge in [-0.1, -0.05) is 12.1 Å². The molecule has 1 aliphatic rings. The molecule has 0 bridgehead atoms. The van der Waals surface area contributed by atoms with E-state index < -0.39 is 0 Å². The van der Waals surface area contributed by atoms with Gasteiger partial charge in [-0.25, -0.2) is 4.79 Å². The van der Waals surface area contributed by atoms with Crippen molar-refractivity contribution in [1.82, 2.24) is 9.47 Å². The summed E-state index contributed by atoms with van der Waals surface area (Å²) >= 11 is 0. The molecule has 1 saturated heterocycles. The quantitative estimate of drug-likeness (QED) is 0.803. The molecule has 0 amide bonds. The molecule has 0 spiro atoms. The van der Waals surface area contributed by atoms with Gasteiger partial charge >= 0.3 is 5.76 Å². The van der Waals surface area contributed by atoms with Gasteiger partial charge in [0, 0.05) is 13.1 Å². The van der Waals surface area contributed by atoms with Crippen LogP contribution in [0.5, 0.6) is 0 Å². The average molecular weight is 248 g/mol. The minimum atomic E-state index is -0.296. The first-order valence-corrected chi connectivity index (χ1v) is 6.16. The molecule has 1 aromatic carbocycles. The van der Waals surface area contributed by atoms with E-state index in [0.29, 0.717) is 18.9 Å². The van der Waals surface area contributed by atoms with Crippen LogP contribution in [0.3, 0.4) is 0 Å². The van der Waals surface area contributed by atoms with Crippen molar-refractivity contribution in [2.24, 2.45) is 0 Å². The van der Waals surface area contributed by atoms with Gasteiger partial charge in [-0.05, 0) is 19.1 Å². The maximum Gasteiger partial charge on any atom is 0.421 e. The lowest BCUT2D eigenvalue weighted by molar-refractivity contribution is -0.0292. The Balaban J connectivity index is 1.90. The zero-order chi connectivity index (χ0) is 12.5. The molecule has 1 unspecified atom stereocenters. The lowest BCUT2D eigenvalue weighted by Crippen LogP contribution is -2.43. The summed E-state index contributed by atoms with van der Waals surface area (Å²) in [7, 11) is 0. The Morgan fingerprint density at radius 2 is 2.22 bits per heavy atom. The van der Waals surface area contributed by atoms with E-state index in [9.17, 15) is 4.79 Å². The number of fused-ring (bicyclic) bond motifs is 1. The van der Waals surface area contributed by atoms with E-state index in [1.54, 1.807) is 4.57 Å². The summed E-state index contributed by atoms with van der Waals surface area (Å²) in [5.74, 6) is -0.296. The van der Waals surface area contributed by atoms with Crippen LogP contribution in [0.1, 0.15) is 6.92 Å². The number of ether oxygens (including phenoxy) is 1.